The number of aryl methyl sites for hydroxylation is 1. The van der Waals surface area contributed by atoms with E-state index in [4.69, 9.17) is 17.3 Å². The molecule has 0 aliphatic carbocycles. The van der Waals surface area contributed by atoms with Crippen LogP contribution in [0.3, 0.4) is 0 Å². The summed E-state index contributed by atoms with van der Waals surface area (Å²) in [6.45, 7) is 2.39. The number of benzene rings is 2. The standard InChI is InChI=1S/C16H17BrClNO/c1-10-2-4-11(5-3-10)14(9-19)16(20)13-7-6-12(17)8-15(13)18/h2-8,14,16,20H,9,19H2,1H3. The first-order chi connectivity index (χ1) is 9.52. The summed E-state index contributed by atoms with van der Waals surface area (Å²) >= 11 is 9.57. The van der Waals surface area contributed by atoms with Gasteiger partial charge in [0.05, 0.1) is 6.10 Å². The second kappa shape index (κ2) is 6.72. The van der Waals surface area contributed by atoms with Crippen LogP contribution in [0.5, 0.6) is 0 Å². The third-order valence-corrected chi connectivity index (χ3v) is 4.24. The fourth-order valence-electron chi connectivity index (χ4n) is 2.22. The van der Waals surface area contributed by atoms with Crippen molar-refractivity contribution in [2.75, 3.05) is 6.54 Å². The first-order valence-electron chi connectivity index (χ1n) is 6.42. The molecule has 0 saturated heterocycles. The highest BCUT2D eigenvalue weighted by atomic mass is 79.9. The van der Waals surface area contributed by atoms with Gasteiger partial charge >= 0.3 is 0 Å². The molecule has 20 heavy (non-hydrogen) atoms. The number of hydrogen-bond donors (Lipinski definition) is 2. The Morgan fingerprint density at radius 1 is 1.20 bits per heavy atom. The van der Waals surface area contributed by atoms with Gasteiger partial charge in [0, 0.05) is 22.0 Å². The highest BCUT2D eigenvalue weighted by Crippen LogP contribution is 2.35. The van der Waals surface area contributed by atoms with E-state index in [0.717, 1.165) is 10.0 Å². The predicted molar refractivity (Wildman–Crippen MR) is 87.1 cm³/mol. The normalized spacial score (nSPS) is 14.1. The molecule has 106 valence electrons. The van der Waals surface area contributed by atoms with Gasteiger partial charge < -0.3 is 10.8 Å². The van der Waals surface area contributed by atoms with E-state index >= 15 is 0 Å². The Bertz CT molecular complexity index is 586. The van der Waals surface area contributed by atoms with Crippen molar-refractivity contribution >= 4 is 27.5 Å². The lowest BCUT2D eigenvalue weighted by atomic mass is 9.89. The van der Waals surface area contributed by atoms with Crippen LogP contribution in [0.2, 0.25) is 5.02 Å². The lowest BCUT2D eigenvalue weighted by Crippen LogP contribution is -2.20. The van der Waals surface area contributed by atoms with E-state index in [1.165, 1.54) is 5.56 Å². The van der Waals surface area contributed by atoms with Crippen molar-refractivity contribution in [2.45, 2.75) is 18.9 Å². The topological polar surface area (TPSA) is 46.2 Å². The van der Waals surface area contributed by atoms with Crippen LogP contribution in [-0.4, -0.2) is 11.7 Å². The Hall–Kier alpha value is -0.870. The maximum Gasteiger partial charge on any atom is 0.0885 e. The molecule has 0 spiro atoms. The molecule has 2 unspecified atom stereocenters. The molecule has 2 atom stereocenters. The molecular weight excluding hydrogens is 338 g/mol. The Kier molecular flexibility index (Phi) is 5.22. The third kappa shape index (κ3) is 3.41. The molecule has 0 aromatic heterocycles. The summed E-state index contributed by atoms with van der Waals surface area (Å²) in [5, 5.41) is 11.1. The number of aliphatic hydroxyl groups excluding tert-OH is 1. The molecular formula is C16H17BrClNO. The molecule has 0 bridgehead atoms. The van der Waals surface area contributed by atoms with Crippen LogP contribution >= 0.6 is 27.5 Å². The lowest BCUT2D eigenvalue weighted by Gasteiger charge is -2.23. The van der Waals surface area contributed by atoms with Crippen molar-refractivity contribution in [2.24, 2.45) is 5.73 Å². The highest BCUT2D eigenvalue weighted by molar-refractivity contribution is 9.10. The van der Waals surface area contributed by atoms with Gasteiger partial charge in [0.2, 0.25) is 0 Å². The SMILES string of the molecule is Cc1ccc(C(CN)C(O)c2ccc(Br)cc2Cl)cc1. The summed E-state index contributed by atoms with van der Waals surface area (Å²) in [6.07, 6.45) is -0.719. The van der Waals surface area contributed by atoms with Gasteiger partial charge in [-0.2, -0.15) is 0 Å². The predicted octanol–water partition coefficient (Wildman–Crippen LogP) is 4.19. The van der Waals surface area contributed by atoms with Crippen LogP contribution in [0.1, 0.15) is 28.7 Å². The van der Waals surface area contributed by atoms with Crippen molar-refractivity contribution in [3.8, 4) is 0 Å². The molecule has 0 heterocycles. The van der Waals surface area contributed by atoms with Crippen LogP contribution < -0.4 is 5.73 Å². The second-order valence-electron chi connectivity index (χ2n) is 4.86. The lowest BCUT2D eigenvalue weighted by molar-refractivity contribution is 0.147. The second-order valence-corrected chi connectivity index (χ2v) is 6.19. The number of nitrogens with two attached hydrogens (primary N) is 1. The summed E-state index contributed by atoms with van der Waals surface area (Å²) < 4.78 is 0.887. The van der Waals surface area contributed by atoms with Gasteiger partial charge in [0.15, 0.2) is 0 Å². The van der Waals surface area contributed by atoms with E-state index in [1.807, 2.05) is 43.3 Å². The number of aliphatic hydroxyl groups is 1. The van der Waals surface area contributed by atoms with Crippen molar-refractivity contribution in [1.82, 2.24) is 0 Å². The van der Waals surface area contributed by atoms with E-state index in [-0.39, 0.29) is 5.92 Å². The molecule has 0 aliphatic heterocycles. The molecule has 2 aromatic carbocycles. The average molecular weight is 355 g/mol. The molecule has 2 rings (SSSR count). The zero-order chi connectivity index (χ0) is 14.7. The minimum Gasteiger partial charge on any atom is -0.388 e. The molecule has 0 radical (unpaired) electrons. The van der Waals surface area contributed by atoms with Gasteiger partial charge in [0.1, 0.15) is 0 Å². The van der Waals surface area contributed by atoms with Gasteiger partial charge in [0.25, 0.3) is 0 Å². The van der Waals surface area contributed by atoms with Crippen LogP contribution in [-0.2, 0) is 0 Å². The van der Waals surface area contributed by atoms with Gasteiger partial charge in [-0.15, -0.1) is 0 Å². The molecule has 4 heteroatoms. The molecule has 3 N–H and O–H groups in total. The minimum atomic E-state index is -0.719. The van der Waals surface area contributed by atoms with Gasteiger partial charge in [-0.05, 0) is 30.2 Å². The van der Waals surface area contributed by atoms with E-state index in [2.05, 4.69) is 15.9 Å². The summed E-state index contributed by atoms with van der Waals surface area (Å²) in [7, 11) is 0. The molecule has 2 nitrogen and oxygen atoms in total. The van der Waals surface area contributed by atoms with Crippen LogP contribution in [0.15, 0.2) is 46.9 Å². The smallest absolute Gasteiger partial charge is 0.0885 e. The van der Waals surface area contributed by atoms with E-state index in [1.54, 1.807) is 6.07 Å². The van der Waals surface area contributed by atoms with Crippen molar-refractivity contribution in [3.05, 3.63) is 68.7 Å². The quantitative estimate of drug-likeness (QED) is 0.865. The first kappa shape index (κ1) is 15.5. The molecule has 2 aromatic rings. The van der Waals surface area contributed by atoms with Crippen LogP contribution in [0.4, 0.5) is 0 Å². The number of rotatable bonds is 4. The number of halogens is 2. The summed E-state index contributed by atoms with van der Waals surface area (Å²) in [5.74, 6) is -0.172. The van der Waals surface area contributed by atoms with E-state index in [9.17, 15) is 5.11 Å². The Morgan fingerprint density at radius 2 is 1.85 bits per heavy atom. The Labute approximate surface area is 132 Å². The summed E-state index contributed by atoms with van der Waals surface area (Å²) in [4.78, 5) is 0. The maximum atomic E-state index is 10.6. The molecule has 0 aliphatic rings. The summed E-state index contributed by atoms with van der Waals surface area (Å²) in [6, 6.07) is 13.5. The summed E-state index contributed by atoms with van der Waals surface area (Å²) in [5.41, 5.74) is 8.75. The molecule has 0 saturated carbocycles. The van der Waals surface area contributed by atoms with Gasteiger partial charge in [-0.25, -0.2) is 0 Å². The highest BCUT2D eigenvalue weighted by Gasteiger charge is 2.23. The zero-order valence-corrected chi connectivity index (χ0v) is 13.5. The molecule has 0 fully saturated rings. The van der Waals surface area contributed by atoms with E-state index in [0.29, 0.717) is 17.1 Å². The zero-order valence-electron chi connectivity index (χ0n) is 11.2. The Morgan fingerprint density at radius 3 is 2.40 bits per heavy atom. The monoisotopic (exact) mass is 353 g/mol. The van der Waals surface area contributed by atoms with E-state index < -0.39 is 6.10 Å². The van der Waals surface area contributed by atoms with Gasteiger partial charge in [-0.3, -0.25) is 0 Å². The van der Waals surface area contributed by atoms with Gasteiger partial charge in [-0.1, -0.05) is 63.4 Å². The fraction of sp³-hybridized carbons (Fsp3) is 0.250. The molecule has 0 amide bonds. The minimum absolute atomic E-state index is 0.172. The Balaban J connectivity index is 2.33. The average Bonchev–Trinajstić information content (AvgIpc) is 2.41. The first-order valence-corrected chi connectivity index (χ1v) is 7.59. The number of hydrogen-bond acceptors (Lipinski definition) is 2. The van der Waals surface area contributed by atoms with Crippen molar-refractivity contribution in [1.29, 1.82) is 0 Å². The van der Waals surface area contributed by atoms with Crippen molar-refractivity contribution in [3.63, 3.8) is 0 Å². The fourth-order valence-corrected chi connectivity index (χ4v) is 3.00. The van der Waals surface area contributed by atoms with Crippen LogP contribution in [0.25, 0.3) is 0 Å². The van der Waals surface area contributed by atoms with Crippen molar-refractivity contribution < 1.29 is 5.11 Å². The largest absolute Gasteiger partial charge is 0.388 e. The van der Waals surface area contributed by atoms with Crippen LogP contribution in [0, 0.1) is 6.92 Å². The third-order valence-electron chi connectivity index (χ3n) is 3.42. The maximum absolute atomic E-state index is 10.6.